The monoisotopic (exact) mass is 406 g/mol. The Kier molecular flexibility index (Phi) is 8.00. The van der Waals surface area contributed by atoms with Crippen molar-refractivity contribution in [2.75, 3.05) is 13.2 Å². The van der Waals surface area contributed by atoms with Gasteiger partial charge in [0.1, 0.15) is 0 Å². The van der Waals surface area contributed by atoms with E-state index in [1.54, 1.807) is 0 Å². The summed E-state index contributed by atoms with van der Waals surface area (Å²) < 4.78 is 11.5. The van der Waals surface area contributed by atoms with Crippen molar-refractivity contribution < 1.29 is 9.05 Å². The summed E-state index contributed by atoms with van der Waals surface area (Å²) in [5.74, 6) is 0.227. The highest BCUT2D eigenvalue weighted by Crippen LogP contribution is 2.42. The van der Waals surface area contributed by atoms with E-state index < -0.39 is 8.38 Å². The van der Waals surface area contributed by atoms with Crippen molar-refractivity contribution in [3.8, 4) is 0 Å². The molecule has 29 heavy (non-hydrogen) atoms. The topological polar surface area (TPSA) is 18.5 Å². The molecule has 3 aromatic rings. The predicted molar refractivity (Wildman–Crippen MR) is 124 cm³/mol. The van der Waals surface area contributed by atoms with Gasteiger partial charge in [-0.25, -0.2) is 0 Å². The molecule has 3 aromatic carbocycles. The Morgan fingerprint density at radius 1 is 0.621 bits per heavy atom. The first-order valence-electron chi connectivity index (χ1n) is 10.4. The molecule has 0 atom stereocenters. The van der Waals surface area contributed by atoms with Crippen LogP contribution in [-0.2, 0) is 15.2 Å². The summed E-state index contributed by atoms with van der Waals surface area (Å²) in [5.41, 5.74) is 7.77. The molecule has 152 valence electrons. The van der Waals surface area contributed by atoms with E-state index in [9.17, 15) is 0 Å². The van der Waals surface area contributed by atoms with Gasteiger partial charge < -0.3 is 9.05 Å². The van der Waals surface area contributed by atoms with Gasteiger partial charge in [-0.1, -0.05) is 83.9 Å². The summed E-state index contributed by atoms with van der Waals surface area (Å²) in [5, 5.41) is 0. The van der Waals surface area contributed by atoms with Gasteiger partial charge in [-0.15, -0.1) is 0 Å². The number of hydrogen-bond acceptors (Lipinski definition) is 2. The minimum atomic E-state index is -0.857. The normalized spacial score (nSPS) is 11.4. The molecule has 2 nitrogen and oxygen atoms in total. The minimum Gasteiger partial charge on any atom is -0.334 e. The molecule has 3 rings (SSSR count). The standard InChI is InChI=1S/C26H31O2P/c1-5-27-29(28-6-2)19-22-11-17-25(18-12-22)26(23-13-7-20(3)8-14-23)24-15-9-21(4)10-16-24/h7-18,26H,5-6,19H2,1-4H3. The lowest BCUT2D eigenvalue weighted by atomic mass is 9.84. The van der Waals surface area contributed by atoms with Crippen LogP contribution in [0.15, 0.2) is 72.8 Å². The zero-order valence-corrected chi connectivity index (χ0v) is 18.8. The Labute approximate surface area is 176 Å². The number of aryl methyl sites for hydroxylation is 2. The van der Waals surface area contributed by atoms with Gasteiger partial charge in [0.25, 0.3) is 0 Å². The molecular weight excluding hydrogens is 375 g/mol. The highest BCUT2D eigenvalue weighted by atomic mass is 31.2. The maximum atomic E-state index is 5.77. The largest absolute Gasteiger partial charge is 0.334 e. The fourth-order valence-electron chi connectivity index (χ4n) is 3.48. The van der Waals surface area contributed by atoms with E-state index in [0.717, 1.165) is 6.16 Å². The van der Waals surface area contributed by atoms with Gasteiger partial charge >= 0.3 is 0 Å². The maximum absolute atomic E-state index is 5.77. The lowest BCUT2D eigenvalue weighted by Crippen LogP contribution is -2.04. The van der Waals surface area contributed by atoms with Crippen LogP contribution in [0.25, 0.3) is 0 Å². The first kappa shape index (κ1) is 21.7. The lowest BCUT2D eigenvalue weighted by Gasteiger charge is -2.20. The predicted octanol–water partition coefficient (Wildman–Crippen LogP) is 7.37. The zero-order valence-electron chi connectivity index (χ0n) is 17.9. The third kappa shape index (κ3) is 6.00. The molecule has 0 unspecified atom stereocenters. The third-order valence-corrected chi connectivity index (χ3v) is 6.71. The van der Waals surface area contributed by atoms with Crippen LogP contribution in [0, 0.1) is 13.8 Å². The van der Waals surface area contributed by atoms with Crippen LogP contribution >= 0.6 is 8.38 Å². The van der Waals surface area contributed by atoms with Crippen LogP contribution in [0.4, 0.5) is 0 Å². The Morgan fingerprint density at radius 2 is 1.00 bits per heavy atom. The molecule has 0 saturated carbocycles. The van der Waals surface area contributed by atoms with Crippen LogP contribution in [-0.4, -0.2) is 13.2 Å². The van der Waals surface area contributed by atoms with Crippen molar-refractivity contribution in [2.24, 2.45) is 0 Å². The Hall–Kier alpha value is -1.99. The van der Waals surface area contributed by atoms with Crippen LogP contribution in [0.3, 0.4) is 0 Å². The van der Waals surface area contributed by atoms with Gasteiger partial charge in [-0.2, -0.15) is 0 Å². The summed E-state index contributed by atoms with van der Waals surface area (Å²) in [6.45, 7) is 9.68. The van der Waals surface area contributed by atoms with Crippen LogP contribution < -0.4 is 0 Å². The van der Waals surface area contributed by atoms with Crippen molar-refractivity contribution in [3.63, 3.8) is 0 Å². The van der Waals surface area contributed by atoms with E-state index in [1.807, 2.05) is 13.8 Å². The first-order valence-corrected chi connectivity index (χ1v) is 11.7. The van der Waals surface area contributed by atoms with Crippen LogP contribution in [0.2, 0.25) is 0 Å². The molecule has 0 amide bonds. The van der Waals surface area contributed by atoms with E-state index in [0.29, 0.717) is 13.2 Å². The lowest BCUT2D eigenvalue weighted by molar-refractivity contribution is 0.268. The smallest absolute Gasteiger partial charge is 0.175 e. The van der Waals surface area contributed by atoms with Crippen LogP contribution in [0.1, 0.15) is 53.1 Å². The summed E-state index contributed by atoms with van der Waals surface area (Å²) in [6.07, 6.45) is 0.830. The Bertz CT molecular complexity index is 819. The molecule has 0 N–H and O–H groups in total. The third-order valence-electron chi connectivity index (χ3n) is 4.99. The highest BCUT2D eigenvalue weighted by molar-refractivity contribution is 7.46. The molecule has 0 heterocycles. The molecule has 0 aliphatic heterocycles. The van der Waals surface area contributed by atoms with Crippen molar-refractivity contribution in [1.29, 1.82) is 0 Å². The second-order valence-electron chi connectivity index (χ2n) is 7.32. The fourth-order valence-corrected chi connectivity index (χ4v) is 4.82. The number of hydrogen-bond donors (Lipinski definition) is 0. The van der Waals surface area contributed by atoms with Gasteiger partial charge in [0.2, 0.25) is 0 Å². The van der Waals surface area contributed by atoms with E-state index in [2.05, 4.69) is 86.6 Å². The first-order chi connectivity index (χ1) is 14.1. The summed E-state index contributed by atoms with van der Waals surface area (Å²) in [7, 11) is -0.857. The Morgan fingerprint density at radius 3 is 1.38 bits per heavy atom. The second-order valence-corrected chi connectivity index (χ2v) is 8.82. The average molecular weight is 407 g/mol. The minimum absolute atomic E-state index is 0.227. The molecule has 0 fully saturated rings. The van der Waals surface area contributed by atoms with Crippen molar-refractivity contribution >= 4 is 8.38 Å². The SMILES string of the molecule is CCOP(Cc1ccc(C(c2ccc(C)cc2)c2ccc(C)cc2)cc1)OCC. The molecule has 0 aliphatic carbocycles. The zero-order chi connectivity index (χ0) is 20.6. The molecule has 0 saturated heterocycles. The van der Waals surface area contributed by atoms with Crippen molar-refractivity contribution in [1.82, 2.24) is 0 Å². The van der Waals surface area contributed by atoms with E-state index >= 15 is 0 Å². The van der Waals surface area contributed by atoms with Gasteiger partial charge in [0, 0.05) is 12.1 Å². The molecular formula is C26H31O2P. The van der Waals surface area contributed by atoms with Gasteiger partial charge in [0.15, 0.2) is 8.38 Å². The molecule has 0 spiro atoms. The van der Waals surface area contributed by atoms with Gasteiger partial charge in [0.05, 0.1) is 13.2 Å². The maximum Gasteiger partial charge on any atom is 0.175 e. The average Bonchev–Trinajstić information content (AvgIpc) is 2.73. The molecule has 0 bridgehead atoms. The summed E-state index contributed by atoms with van der Waals surface area (Å²) in [6, 6.07) is 26.7. The van der Waals surface area contributed by atoms with Crippen LogP contribution in [0.5, 0.6) is 0 Å². The number of benzene rings is 3. The Balaban J connectivity index is 1.89. The second kappa shape index (κ2) is 10.7. The van der Waals surface area contributed by atoms with Crippen molar-refractivity contribution in [2.45, 2.75) is 39.8 Å². The van der Waals surface area contributed by atoms with Gasteiger partial charge in [-0.3, -0.25) is 0 Å². The quantitative estimate of drug-likeness (QED) is 0.273. The molecule has 0 aromatic heterocycles. The van der Waals surface area contributed by atoms with E-state index in [1.165, 1.54) is 33.4 Å². The van der Waals surface area contributed by atoms with Crippen molar-refractivity contribution in [3.05, 3.63) is 106 Å². The van der Waals surface area contributed by atoms with E-state index in [-0.39, 0.29) is 5.92 Å². The highest BCUT2D eigenvalue weighted by Gasteiger charge is 2.17. The molecule has 0 radical (unpaired) electrons. The van der Waals surface area contributed by atoms with E-state index in [4.69, 9.17) is 9.05 Å². The molecule has 0 aliphatic rings. The molecule has 3 heteroatoms. The number of rotatable bonds is 9. The summed E-state index contributed by atoms with van der Waals surface area (Å²) >= 11 is 0. The van der Waals surface area contributed by atoms with Gasteiger partial charge in [-0.05, 0) is 49.9 Å². The summed E-state index contributed by atoms with van der Waals surface area (Å²) in [4.78, 5) is 0. The fraction of sp³-hybridized carbons (Fsp3) is 0.308.